The number of ether oxygens (including phenoxy) is 1. The third-order valence-electron chi connectivity index (χ3n) is 1.51. The Hall–Kier alpha value is 0.107. The van der Waals surface area contributed by atoms with E-state index in [1.54, 1.807) is 13.1 Å². The molecule has 11 heavy (non-hydrogen) atoms. The minimum absolute atomic E-state index is 0.774. The van der Waals surface area contributed by atoms with Crippen LogP contribution in [0.25, 0.3) is 0 Å². The van der Waals surface area contributed by atoms with Crippen LogP contribution in [0.3, 0.4) is 0 Å². The maximum atomic E-state index is 13.0. The first kappa shape index (κ1) is 11.1. The maximum absolute atomic E-state index is 13.0. The summed E-state index contributed by atoms with van der Waals surface area (Å²) in [6.07, 6.45) is 1.99. The van der Waals surface area contributed by atoms with E-state index in [0.29, 0.717) is 0 Å². The number of hydrogen-bond acceptors (Lipinski definition) is 1. The number of halogens is 1. The van der Waals surface area contributed by atoms with Crippen LogP contribution in [0.2, 0.25) is 19.1 Å². The van der Waals surface area contributed by atoms with Crippen molar-refractivity contribution in [2.75, 3.05) is 13.2 Å². The van der Waals surface area contributed by atoms with Gasteiger partial charge in [0.15, 0.2) is 0 Å². The molecule has 0 N–H and O–H groups in total. The van der Waals surface area contributed by atoms with E-state index >= 15 is 0 Å². The van der Waals surface area contributed by atoms with Gasteiger partial charge in [-0.1, -0.05) is 6.42 Å². The van der Waals surface area contributed by atoms with E-state index in [1.165, 1.54) is 0 Å². The Kier molecular flexibility index (Phi) is 5.77. The lowest BCUT2D eigenvalue weighted by atomic mass is 10.4. The van der Waals surface area contributed by atoms with Crippen LogP contribution in [0, 0.1) is 0 Å². The van der Waals surface area contributed by atoms with Gasteiger partial charge in [-0.25, -0.2) is 0 Å². The number of hydrogen-bond donors (Lipinski definition) is 0. The van der Waals surface area contributed by atoms with Crippen LogP contribution in [0.1, 0.15) is 19.8 Å². The summed E-state index contributed by atoms with van der Waals surface area (Å²) in [6.45, 7) is 7.06. The Morgan fingerprint density at radius 3 is 2.36 bits per heavy atom. The number of unbranched alkanes of at least 4 members (excludes halogenated alkanes) is 1. The number of rotatable bonds is 6. The molecule has 0 aliphatic carbocycles. The molecule has 0 saturated carbocycles. The molecule has 0 atom stereocenters. The van der Waals surface area contributed by atoms with Crippen LogP contribution >= 0.6 is 0 Å². The van der Waals surface area contributed by atoms with E-state index in [4.69, 9.17) is 4.74 Å². The molecule has 0 aromatic carbocycles. The van der Waals surface area contributed by atoms with Crippen molar-refractivity contribution < 1.29 is 8.84 Å². The summed E-state index contributed by atoms with van der Waals surface area (Å²) in [7, 11) is -2.27. The van der Waals surface area contributed by atoms with Crippen molar-refractivity contribution in [3.8, 4) is 0 Å². The van der Waals surface area contributed by atoms with Crippen LogP contribution < -0.4 is 0 Å². The summed E-state index contributed by atoms with van der Waals surface area (Å²) in [5.41, 5.74) is 0. The van der Waals surface area contributed by atoms with Crippen LogP contribution in [0.5, 0.6) is 0 Å². The van der Waals surface area contributed by atoms with E-state index in [1.807, 2.05) is 6.92 Å². The molecule has 0 spiro atoms. The highest BCUT2D eigenvalue weighted by molar-refractivity contribution is 6.70. The van der Waals surface area contributed by atoms with Crippen molar-refractivity contribution in [3.63, 3.8) is 0 Å². The summed E-state index contributed by atoms with van der Waals surface area (Å²) < 4.78 is 18.1. The van der Waals surface area contributed by atoms with Crippen molar-refractivity contribution in [1.82, 2.24) is 0 Å². The van der Waals surface area contributed by atoms with Gasteiger partial charge in [0, 0.05) is 13.2 Å². The fourth-order valence-electron chi connectivity index (χ4n) is 0.894. The predicted octanol–water partition coefficient (Wildman–Crippen LogP) is 2.98. The molecule has 0 bridgehead atoms. The minimum Gasteiger partial charge on any atom is -0.382 e. The highest BCUT2D eigenvalue weighted by Gasteiger charge is 2.18. The molecule has 0 aliphatic heterocycles. The molecule has 0 aromatic heterocycles. The largest absolute Gasteiger partial charge is 0.382 e. The van der Waals surface area contributed by atoms with Crippen LogP contribution in [-0.4, -0.2) is 21.6 Å². The van der Waals surface area contributed by atoms with Crippen molar-refractivity contribution >= 4 is 8.41 Å². The Labute approximate surface area is 70.1 Å². The minimum atomic E-state index is -2.27. The van der Waals surface area contributed by atoms with Crippen molar-refractivity contribution in [3.05, 3.63) is 0 Å². The van der Waals surface area contributed by atoms with Gasteiger partial charge in [0.25, 0.3) is 0 Å². The summed E-state index contributed by atoms with van der Waals surface area (Å²) in [4.78, 5) is 0. The zero-order valence-electron chi connectivity index (χ0n) is 7.82. The van der Waals surface area contributed by atoms with E-state index in [-0.39, 0.29) is 0 Å². The molecule has 68 valence electrons. The van der Waals surface area contributed by atoms with Crippen molar-refractivity contribution in [2.24, 2.45) is 0 Å². The zero-order valence-corrected chi connectivity index (χ0v) is 8.82. The first-order chi connectivity index (χ1) is 5.06. The monoisotopic (exact) mass is 178 g/mol. The third kappa shape index (κ3) is 10.1. The molecule has 0 radical (unpaired) electrons. The van der Waals surface area contributed by atoms with Gasteiger partial charge in [-0.15, -0.1) is 0 Å². The van der Waals surface area contributed by atoms with E-state index in [0.717, 1.165) is 32.1 Å². The highest BCUT2D eigenvalue weighted by Crippen LogP contribution is 2.14. The molecule has 0 aliphatic rings. The lowest BCUT2D eigenvalue weighted by molar-refractivity contribution is 0.144. The Bertz CT molecular complexity index is 90.6. The van der Waals surface area contributed by atoms with Gasteiger partial charge in [-0.3, -0.25) is 0 Å². The van der Waals surface area contributed by atoms with Gasteiger partial charge in [0.2, 0.25) is 8.41 Å². The van der Waals surface area contributed by atoms with Crippen LogP contribution in [0.4, 0.5) is 4.11 Å². The zero-order chi connectivity index (χ0) is 8.74. The fraction of sp³-hybridized carbons (Fsp3) is 1.00. The van der Waals surface area contributed by atoms with Gasteiger partial charge >= 0.3 is 0 Å². The normalized spacial score (nSPS) is 12.0. The lowest BCUT2D eigenvalue weighted by Gasteiger charge is -2.09. The quantitative estimate of drug-likeness (QED) is 0.345. The second kappa shape index (κ2) is 5.72. The van der Waals surface area contributed by atoms with Crippen LogP contribution in [-0.2, 0) is 4.74 Å². The Morgan fingerprint density at radius 1 is 1.27 bits per heavy atom. The Morgan fingerprint density at radius 2 is 1.91 bits per heavy atom. The Balaban J connectivity index is 3.02. The van der Waals surface area contributed by atoms with Crippen molar-refractivity contribution in [2.45, 2.75) is 38.9 Å². The maximum Gasteiger partial charge on any atom is 0.240 e. The molecular formula is C8H19FOSi. The van der Waals surface area contributed by atoms with E-state index < -0.39 is 8.41 Å². The molecule has 0 rings (SSSR count). The SMILES string of the molecule is CCOCCCC[Si](C)(C)F. The van der Waals surface area contributed by atoms with Crippen molar-refractivity contribution in [1.29, 1.82) is 0 Å². The molecule has 0 aromatic rings. The summed E-state index contributed by atoms with van der Waals surface area (Å²) >= 11 is 0. The molecule has 0 amide bonds. The second-order valence-corrected chi connectivity index (χ2v) is 7.31. The van der Waals surface area contributed by atoms with Gasteiger partial charge in [-0.2, -0.15) is 0 Å². The molecule has 3 heteroatoms. The second-order valence-electron chi connectivity index (χ2n) is 3.37. The average Bonchev–Trinajstić information content (AvgIpc) is 1.85. The van der Waals surface area contributed by atoms with Crippen LogP contribution in [0.15, 0.2) is 0 Å². The predicted molar refractivity (Wildman–Crippen MR) is 49.1 cm³/mol. The molecule has 0 saturated heterocycles. The van der Waals surface area contributed by atoms with Gasteiger partial charge in [-0.05, 0) is 32.5 Å². The average molecular weight is 178 g/mol. The van der Waals surface area contributed by atoms with Gasteiger partial charge in [0.1, 0.15) is 0 Å². The molecule has 0 unspecified atom stereocenters. The molecule has 0 heterocycles. The smallest absolute Gasteiger partial charge is 0.240 e. The highest BCUT2D eigenvalue weighted by atomic mass is 28.4. The topological polar surface area (TPSA) is 9.23 Å². The fourth-order valence-corrected chi connectivity index (χ4v) is 1.98. The molecule has 0 fully saturated rings. The summed E-state index contributed by atoms with van der Waals surface area (Å²) in [6, 6.07) is 0.778. The van der Waals surface area contributed by atoms with Gasteiger partial charge < -0.3 is 8.84 Å². The molecular weight excluding hydrogens is 159 g/mol. The standard InChI is InChI=1S/C8H19FOSi/c1-4-10-7-5-6-8-11(2,3)9/h4-8H2,1-3H3. The van der Waals surface area contributed by atoms with E-state index in [9.17, 15) is 4.11 Å². The van der Waals surface area contributed by atoms with E-state index in [2.05, 4.69) is 0 Å². The molecule has 1 nitrogen and oxygen atoms in total. The van der Waals surface area contributed by atoms with Gasteiger partial charge in [0.05, 0.1) is 0 Å². The first-order valence-corrected chi connectivity index (χ1v) is 7.41. The summed E-state index contributed by atoms with van der Waals surface area (Å²) in [5.74, 6) is 0. The lowest BCUT2D eigenvalue weighted by Crippen LogP contribution is -2.17. The third-order valence-corrected chi connectivity index (χ3v) is 3.06. The first-order valence-electron chi connectivity index (χ1n) is 4.33. The summed E-state index contributed by atoms with van der Waals surface area (Å²) in [5, 5.41) is 0.